The van der Waals surface area contributed by atoms with Crippen molar-refractivity contribution in [3.63, 3.8) is 0 Å². The summed E-state index contributed by atoms with van der Waals surface area (Å²) in [5.41, 5.74) is 2.32. The van der Waals surface area contributed by atoms with E-state index in [9.17, 15) is 0 Å². The zero-order chi connectivity index (χ0) is 13.9. The van der Waals surface area contributed by atoms with E-state index in [-0.39, 0.29) is 0 Å². The maximum absolute atomic E-state index is 5.79. The highest BCUT2D eigenvalue weighted by molar-refractivity contribution is 7.15. The van der Waals surface area contributed by atoms with Gasteiger partial charge in [0, 0.05) is 17.8 Å². The highest BCUT2D eigenvalue weighted by Crippen LogP contribution is 2.22. The van der Waals surface area contributed by atoms with E-state index in [1.165, 1.54) is 5.56 Å². The fourth-order valence-electron chi connectivity index (χ4n) is 2.13. The number of ether oxygens (including phenoxy) is 1. The van der Waals surface area contributed by atoms with E-state index >= 15 is 0 Å². The van der Waals surface area contributed by atoms with Gasteiger partial charge < -0.3 is 4.74 Å². The molecule has 0 bridgehead atoms. The molecule has 2 heterocycles. The SMILES string of the molecule is CCC(C)c1ccc(OCc2cn3ccsc3n2)cc1. The Morgan fingerprint density at radius 3 is 2.80 bits per heavy atom. The van der Waals surface area contributed by atoms with Gasteiger partial charge in [-0.25, -0.2) is 4.98 Å². The molecule has 0 saturated carbocycles. The molecule has 20 heavy (non-hydrogen) atoms. The Morgan fingerprint density at radius 1 is 1.30 bits per heavy atom. The van der Waals surface area contributed by atoms with Crippen LogP contribution in [0.15, 0.2) is 42.0 Å². The number of aromatic nitrogens is 2. The van der Waals surface area contributed by atoms with Crippen LogP contribution >= 0.6 is 11.3 Å². The molecule has 0 N–H and O–H groups in total. The molecular weight excluding hydrogens is 268 g/mol. The first-order valence-corrected chi connectivity index (χ1v) is 7.78. The maximum Gasteiger partial charge on any atom is 0.193 e. The van der Waals surface area contributed by atoms with Crippen molar-refractivity contribution >= 4 is 16.3 Å². The van der Waals surface area contributed by atoms with Crippen molar-refractivity contribution in [3.8, 4) is 5.75 Å². The summed E-state index contributed by atoms with van der Waals surface area (Å²) in [6.45, 7) is 4.96. The Bertz CT molecular complexity index is 655. The lowest BCUT2D eigenvalue weighted by Gasteiger charge is -2.10. The Hall–Kier alpha value is -1.81. The Balaban J connectivity index is 1.64. The number of imidazole rings is 1. The van der Waals surface area contributed by atoms with Gasteiger partial charge in [0.15, 0.2) is 4.96 Å². The average molecular weight is 286 g/mol. The van der Waals surface area contributed by atoms with Gasteiger partial charge in [0.2, 0.25) is 0 Å². The third-order valence-corrected chi connectivity index (χ3v) is 4.36. The summed E-state index contributed by atoms with van der Waals surface area (Å²) >= 11 is 1.63. The quantitative estimate of drug-likeness (QED) is 0.691. The number of benzene rings is 1. The maximum atomic E-state index is 5.79. The Kier molecular flexibility index (Phi) is 3.74. The van der Waals surface area contributed by atoms with Gasteiger partial charge in [-0.3, -0.25) is 4.40 Å². The highest BCUT2D eigenvalue weighted by atomic mass is 32.1. The molecule has 104 valence electrons. The second kappa shape index (κ2) is 5.67. The van der Waals surface area contributed by atoms with Crippen LogP contribution in [0.1, 0.15) is 37.4 Å². The van der Waals surface area contributed by atoms with Gasteiger partial charge in [-0.2, -0.15) is 0 Å². The summed E-state index contributed by atoms with van der Waals surface area (Å²) < 4.78 is 7.81. The minimum Gasteiger partial charge on any atom is -0.487 e. The van der Waals surface area contributed by atoms with Crippen LogP contribution in [0.5, 0.6) is 5.75 Å². The van der Waals surface area contributed by atoms with Crippen molar-refractivity contribution in [1.82, 2.24) is 9.38 Å². The standard InChI is InChI=1S/C16H18N2OS/c1-3-12(2)13-4-6-15(7-5-13)19-11-14-10-18-8-9-20-16(18)17-14/h4-10,12H,3,11H2,1-2H3. The molecule has 0 aliphatic rings. The molecule has 1 aromatic carbocycles. The van der Waals surface area contributed by atoms with Gasteiger partial charge in [0.25, 0.3) is 0 Å². The van der Waals surface area contributed by atoms with Crippen LogP contribution in [-0.2, 0) is 6.61 Å². The molecule has 0 fully saturated rings. The molecule has 0 aliphatic carbocycles. The molecule has 2 aromatic heterocycles. The summed E-state index contributed by atoms with van der Waals surface area (Å²) in [5, 5.41) is 2.03. The van der Waals surface area contributed by atoms with Gasteiger partial charge in [0.05, 0.1) is 5.69 Å². The van der Waals surface area contributed by atoms with Crippen molar-refractivity contribution in [2.75, 3.05) is 0 Å². The van der Waals surface area contributed by atoms with E-state index in [0.717, 1.165) is 22.8 Å². The van der Waals surface area contributed by atoms with Crippen LogP contribution < -0.4 is 4.74 Å². The lowest BCUT2D eigenvalue weighted by atomic mass is 9.99. The zero-order valence-electron chi connectivity index (χ0n) is 11.7. The monoisotopic (exact) mass is 286 g/mol. The third kappa shape index (κ3) is 2.70. The fourth-order valence-corrected chi connectivity index (χ4v) is 2.85. The van der Waals surface area contributed by atoms with Crippen molar-refractivity contribution < 1.29 is 4.74 Å². The number of nitrogens with zero attached hydrogens (tertiary/aromatic N) is 2. The first kappa shape index (κ1) is 13.2. The molecule has 4 heteroatoms. The van der Waals surface area contributed by atoms with E-state index in [4.69, 9.17) is 4.74 Å². The minimum absolute atomic E-state index is 0.511. The van der Waals surface area contributed by atoms with E-state index in [1.54, 1.807) is 11.3 Å². The summed E-state index contributed by atoms with van der Waals surface area (Å²) in [5.74, 6) is 1.50. The summed E-state index contributed by atoms with van der Waals surface area (Å²) in [7, 11) is 0. The molecule has 0 amide bonds. The molecular formula is C16H18N2OS. The van der Waals surface area contributed by atoms with E-state index in [0.29, 0.717) is 12.5 Å². The normalized spacial score (nSPS) is 12.7. The molecule has 3 nitrogen and oxygen atoms in total. The second-order valence-electron chi connectivity index (χ2n) is 4.99. The predicted octanol–water partition coefficient (Wildman–Crippen LogP) is 4.49. The molecule has 1 atom stereocenters. The molecule has 0 saturated heterocycles. The van der Waals surface area contributed by atoms with Crippen LogP contribution in [0.25, 0.3) is 4.96 Å². The van der Waals surface area contributed by atoms with E-state index in [1.807, 2.05) is 34.3 Å². The largest absolute Gasteiger partial charge is 0.487 e. The van der Waals surface area contributed by atoms with Crippen molar-refractivity contribution in [2.24, 2.45) is 0 Å². The first-order valence-electron chi connectivity index (χ1n) is 6.90. The summed E-state index contributed by atoms with van der Waals surface area (Å²) in [6, 6.07) is 8.38. The molecule has 3 rings (SSSR count). The lowest BCUT2D eigenvalue weighted by molar-refractivity contribution is 0.302. The molecule has 1 unspecified atom stereocenters. The molecule has 0 spiro atoms. The number of thiazole rings is 1. The number of fused-ring (bicyclic) bond motifs is 1. The van der Waals surface area contributed by atoms with Crippen molar-refractivity contribution in [2.45, 2.75) is 32.8 Å². The van der Waals surface area contributed by atoms with Crippen LogP contribution in [0.4, 0.5) is 0 Å². The van der Waals surface area contributed by atoms with Crippen LogP contribution in [-0.4, -0.2) is 9.38 Å². The number of rotatable bonds is 5. The number of hydrogen-bond acceptors (Lipinski definition) is 3. The van der Waals surface area contributed by atoms with E-state index in [2.05, 4.69) is 31.0 Å². The summed E-state index contributed by atoms with van der Waals surface area (Å²) in [4.78, 5) is 5.51. The lowest BCUT2D eigenvalue weighted by Crippen LogP contribution is -1.96. The molecule has 3 aromatic rings. The smallest absolute Gasteiger partial charge is 0.193 e. The Morgan fingerprint density at radius 2 is 2.10 bits per heavy atom. The predicted molar refractivity (Wildman–Crippen MR) is 82.5 cm³/mol. The number of hydrogen-bond donors (Lipinski definition) is 0. The molecule has 0 radical (unpaired) electrons. The Labute approximate surface area is 122 Å². The molecule has 0 aliphatic heterocycles. The zero-order valence-corrected chi connectivity index (χ0v) is 12.6. The topological polar surface area (TPSA) is 26.5 Å². The summed E-state index contributed by atoms with van der Waals surface area (Å²) in [6.07, 6.45) is 5.18. The fraction of sp³-hybridized carbons (Fsp3) is 0.312. The van der Waals surface area contributed by atoms with E-state index < -0.39 is 0 Å². The van der Waals surface area contributed by atoms with Gasteiger partial charge in [0.1, 0.15) is 12.4 Å². The van der Waals surface area contributed by atoms with Crippen molar-refractivity contribution in [3.05, 3.63) is 53.3 Å². The van der Waals surface area contributed by atoms with Crippen LogP contribution in [0.2, 0.25) is 0 Å². The van der Waals surface area contributed by atoms with Crippen LogP contribution in [0.3, 0.4) is 0 Å². The average Bonchev–Trinajstić information content (AvgIpc) is 3.06. The van der Waals surface area contributed by atoms with Gasteiger partial charge in [-0.1, -0.05) is 26.0 Å². The van der Waals surface area contributed by atoms with Crippen LogP contribution in [0, 0.1) is 0 Å². The van der Waals surface area contributed by atoms with Crippen molar-refractivity contribution in [1.29, 1.82) is 0 Å². The third-order valence-electron chi connectivity index (χ3n) is 3.59. The first-order chi connectivity index (χ1) is 9.76. The van der Waals surface area contributed by atoms with Gasteiger partial charge in [-0.05, 0) is 30.0 Å². The van der Waals surface area contributed by atoms with Gasteiger partial charge in [-0.15, -0.1) is 11.3 Å². The van der Waals surface area contributed by atoms with Gasteiger partial charge >= 0.3 is 0 Å². The minimum atomic E-state index is 0.511. The second-order valence-corrected chi connectivity index (χ2v) is 5.87. The highest BCUT2D eigenvalue weighted by Gasteiger charge is 2.05.